The molecule has 1 aliphatic heterocycles. The van der Waals surface area contributed by atoms with Gasteiger partial charge in [-0.1, -0.05) is 0 Å². The van der Waals surface area contributed by atoms with Crippen LogP contribution in [-0.2, 0) is 11.3 Å². The quantitative estimate of drug-likeness (QED) is 0.792. The predicted molar refractivity (Wildman–Crippen MR) is 91.7 cm³/mol. The number of aromatic nitrogens is 4. The molecule has 0 N–H and O–H groups in total. The van der Waals surface area contributed by atoms with Crippen molar-refractivity contribution < 1.29 is 4.74 Å². The molecule has 1 fully saturated rings. The van der Waals surface area contributed by atoms with E-state index in [-0.39, 0.29) is 6.10 Å². The van der Waals surface area contributed by atoms with Gasteiger partial charge in [0.2, 0.25) is 0 Å². The zero-order chi connectivity index (χ0) is 16.8. The van der Waals surface area contributed by atoms with Crippen LogP contribution in [0.1, 0.15) is 18.3 Å². The number of hydrogen-bond acceptors (Lipinski definition) is 7. The van der Waals surface area contributed by atoms with Gasteiger partial charge < -0.3 is 9.64 Å². The number of rotatable bonds is 6. The summed E-state index contributed by atoms with van der Waals surface area (Å²) in [5.74, 6) is 0.894. The molecule has 1 saturated heterocycles. The van der Waals surface area contributed by atoms with E-state index in [9.17, 15) is 0 Å². The van der Waals surface area contributed by atoms with Crippen molar-refractivity contribution in [2.24, 2.45) is 0 Å². The minimum Gasteiger partial charge on any atom is -0.374 e. The minimum atomic E-state index is 0.152. The van der Waals surface area contributed by atoms with Crippen LogP contribution in [0.4, 0.5) is 5.82 Å². The Hall–Kier alpha value is -2.12. The van der Waals surface area contributed by atoms with Crippen molar-refractivity contribution in [1.82, 2.24) is 25.1 Å². The highest BCUT2D eigenvalue weighted by molar-refractivity contribution is 5.36. The number of likely N-dealkylation sites (N-methyl/N-ethyl adjacent to an activating group) is 1. The molecule has 0 aliphatic carbocycles. The summed E-state index contributed by atoms with van der Waals surface area (Å²) < 4.78 is 5.95. The fraction of sp³-hybridized carbons (Fsp3) is 0.529. The van der Waals surface area contributed by atoms with Crippen LogP contribution >= 0.6 is 0 Å². The van der Waals surface area contributed by atoms with Crippen molar-refractivity contribution in [1.29, 1.82) is 0 Å². The van der Waals surface area contributed by atoms with Crippen molar-refractivity contribution in [3.05, 3.63) is 42.1 Å². The molecular formula is C17H24N6O. The van der Waals surface area contributed by atoms with Gasteiger partial charge in [0.1, 0.15) is 0 Å². The third kappa shape index (κ3) is 4.46. The number of anilines is 1. The van der Waals surface area contributed by atoms with Crippen LogP contribution in [0, 0.1) is 6.92 Å². The molecule has 0 bridgehead atoms. The Morgan fingerprint density at radius 3 is 2.96 bits per heavy atom. The molecule has 3 rings (SSSR count). The highest BCUT2D eigenvalue weighted by atomic mass is 16.5. The van der Waals surface area contributed by atoms with Gasteiger partial charge in [0.05, 0.1) is 24.1 Å². The molecule has 7 nitrogen and oxygen atoms in total. The summed E-state index contributed by atoms with van der Waals surface area (Å²) in [6, 6.07) is 3.90. The lowest BCUT2D eigenvalue weighted by Gasteiger charge is -2.35. The first-order valence-corrected chi connectivity index (χ1v) is 8.38. The molecule has 0 unspecified atom stereocenters. The average Bonchev–Trinajstić information content (AvgIpc) is 2.63. The van der Waals surface area contributed by atoms with Gasteiger partial charge >= 0.3 is 0 Å². The molecule has 0 amide bonds. The Morgan fingerprint density at radius 1 is 1.33 bits per heavy atom. The second-order valence-corrected chi connectivity index (χ2v) is 6.00. The highest BCUT2D eigenvalue weighted by Gasteiger charge is 2.23. The lowest BCUT2D eigenvalue weighted by Crippen LogP contribution is -2.47. The summed E-state index contributed by atoms with van der Waals surface area (Å²) in [4.78, 5) is 13.3. The SMILES string of the molecule is CCN(C[C@H]1CN(Cc2cnc(C)cn2)CCO1)c1cccnn1. The first kappa shape index (κ1) is 16.7. The summed E-state index contributed by atoms with van der Waals surface area (Å²) in [5.41, 5.74) is 1.95. The van der Waals surface area contributed by atoms with Crippen molar-refractivity contribution in [3.63, 3.8) is 0 Å². The van der Waals surface area contributed by atoms with E-state index in [4.69, 9.17) is 4.74 Å². The van der Waals surface area contributed by atoms with Crippen LogP contribution in [0.25, 0.3) is 0 Å². The summed E-state index contributed by atoms with van der Waals surface area (Å²) in [6.45, 7) is 9.11. The highest BCUT2D eigenvalue weighted by Crippen LogP contribution is 2.14. The van der Waals surface area contributed by atoms with Crippen LogP contribution in [0.2, 0.25) is 0 Å². The molecule has 2 aromatic rings. The number of nitrogens with zero attached hydrogens (tertiary/aromatic N) is 6. The normalized spacial score (nSPS) is 18.5. The summed E-state index contributed by atoms with van der Waals surface area (Å²) in [6.07, 6.45) is 5.52. The van der Waals surface area contributed by atoms with E-state index < -0.39 is 0 Å². The summed E-state index contributed by atoms with van der Waals surface area (Å²) in [7, 11) is 0. The standard InChI is InChI=1S/C17H24N6O/c1-3-23(17-5-4-6-20-21-17)13-16-12-22(7-8-24-16)11-15-10-18-14(2)9-19-15/h4-6,9-10,16H,3,7-8,11-13H2,1-2H3/t16-/m1/s1. The summed E-state index contributed by atoms with van der Waals surface area (Å²) >= 11 is 0. The third-order valence-electron chi connectivity index (χ3n) is 4.13. The molecule has 2 aromatic heterocycles. The molecule has 3 heterocycles. The van der Waals surface area contributed by atoms with E-state index in [0.29, 0.717) is 0 Å². The van der Waals surface area contributed by atoms with Gasteiger partial charge in [-0.25, -0.2) is 0 Å². The fourth-order valence-corrected chi connectivity index (χ4v) is 2.86. The Bertz CT molecular complexity index is 621. The number of morpholine rings is 1. The second-order valence-electron chi connectivity index (χ2n) is 6.00. The van der Waals surface area contributed by atoms with Gasteiger partial charge in [-0.2, -0.15) is 5.10 Å². The monoisotopic (exact) mass is 328 g/mol. The molecule has 0 radical (unpaired) electrons. The molecule has 1 atom stereocenters. The average molecular weight is 328 g/mol. The van der Waals surface area contributed by atoms with Gasteiger partial charge in [0.15, 0.2) is 5.82 Å². The van der Waals surface area contributed by atoms with Crippen molar-refractivity contribution >= 4 is 5.82 Å². The Labute approximate surface area is 142 Å². The number of aryl methyl sites for hydroxylation is 1. The zero-order valence-electron chi connectivity index (χ0n) is 14.3. The zero-order valence-corrected chi connectivity index (χ0v) is 14.3. The number of ether oxygens (including phenoxy) is 1. The van der Waals surface area contributed by atoms with Crippen LogP contribution in [0.5, 0.6) is 0 Å². The van der Waals surface area contributed by atoms with Crippen molar-refractivity contribution in [3.8, 4) is 0 Å². The predicted octanol–water partition coefficient (Wildman–Crippen LogP) is 1.30. The molecule has 24 heavy (non-hydrogen) atoms. The lowest BCUT2D eigenvalue weighted by molar-refractivity contribution is -0.0272. The molecule has 0 aromatic carbocycles. The minimum absolute atomic E-state index is 0.152. The van der Waals surface area contributed by atoms with E-state index in [2.05, 4.69) is 36.9 Å². The summed E-state index contributed by atoms with van der Waals surface area (Å²) in [5, 5.41) is 8.17. The largest absolute Gasteiger partial charge is 0.374 e. The van der Waals surface area contributed by atoms with Crippen LogP contribution < -0.4 is 4.90 Å². The lowest BCUT2D eigenvalue weighted by atomic mass is 10.2. The molecule has 1 aliphatic rings. The molecule has 7 heteroatoms. The van der Waals surface area contributed by atoms with Crippen LogP contribution in [0.15, 0.2) is 30.7 Å². The smallest absolute Gasteiger partial charge is 0.151 e. The van der Waals surface area contributed by atoms with Crippen molar-refractivity contribution in [2.45, 2.75) is 26.5 Å². The van der Waals surface area contributed by atoms with E-state index >= 15 is 0 Å². The van der Waals surface area contributed by atoms with E-state index in [1.54, 1.807) is 6.20 Å². The maximum absolute atomic E-state index is 5.95. The molecule has 128 valence electrons. The van der Waals surface area contributed by atoms with Gasteiger partial charge in [0.25, 0.3) is 0 Å². The molecule has 0 spiro atoms. The van der Waals surface area contributed by atoms with E-state index in [1.165, 1.54) is 0 Å². The van der Waals surface area contributed by atoms with E-state index in [1.807, 2.05) is 31.5 Å². The van der Waals surface area contributed by atoms with E-state index in [0.717, 1.165) is 56.5 Å². The van der Waals surface area contributed by atoms with Gasteiger partial charge in [-0.3, -0.25) is 14.9 Å². The Balaban J connectivity index is 1.57. The molecular weight excluding hydrogens is 304 g/mol. The first-order chi connectivity index (χ1) is 11.7. The Kier molecular flexibility index (Phi) is 5.66. The van der Waals surface area contributed by atoms with Gasteiger partial charge in [-0.05, 0) is 26.0 Å². The maximum atomic E-state index is 5.95. The van der Waals surface area contributed by atoms with Crippen LogP contribution in [-0.4, -0.2) is 64.0 Å². The molecule has 0 saturated carbocycles. The first-order valence-electron chi connectivity index (χ1n) is 8.38. The van der Waals surface area contributed by atoms with Crippen molar-refractivity contribution in [2.75, 3.05) is 37.7 Å². The topological polar surface area (TPSA) is 67.3 Å². The second kappa shape index (κ2) is 8.12. The third-order valence-corrected chi connectivity index (χ3v) is 4.13. The van der Waals surface area contributed by atoms with Gasteiger partial charge in [-0.15, -0.1) is 5.10 Å². The Morgan fingerprint density at radius 2 is 2.25 bits per heavy atom. The fourth-order valence-electron chi connectivity index (χ4n) is 2.86. The maximum Gasteiger partial charge on any atom is 0.151 e. The van der Waals surface area contributed by atoms with Gasteiger partial charge in [0, 0.05) is 51.3 Å². The number of hydrogen-bond donors (Lipinski definition) is 0. The van der Waals surface area contributed by atoms with Crippen LogP contribution in [0.3, 0.4) is 0 Å².